The number of carbonyl (C=O) groups is 7. The number of hydrogen-bond donors (Lipinski definition) is 5. The van der Waals surface area contributed by atoms with Gasteiger partial charge in [0.25, 0.3) is 11.8 Å². The molecule has 2 heterocycles. The van der Waals surface area contributed by atoms with Crippen LogP contribution in [0.25, 0.3) is 0 Å². The first-order valence-corrected chi connectivity index (χ1v) is 17.0. The molecular formula is C34H50N8O8. The highest BCUT2D eigenvalue weighted by Crippen LogP contribution is 2.14. The van der Waals surface area contributed by atoms with Crippen molar-refractivity contribution >= 4 is 47.3 Å². The molecule has 2 atom stereocenters. The molecule has 1 saturated heterocycles. The molecule has 3 rings (SSSR count). The molecule has 8 amide bonds. The summed E-state index contributed by atoms with van der Waals surface area (Å²) in [6.45, 7) is 6.88. The lowest BCUT2D eigenvalue weighted by atomic mass is 10.0. The molecular weight excluding hydrogens is 648 g/mol. The highest BCUT2D eigenvalue weighted by atomic mass is 16.6. The van der Waals surface area contributed by atoms with Gasteiger partial charge in [0.1, 0.15) is 18.7 Å². The quantitative estimate of drug-likeness (QED) is 0.109. The van der Waals surface area contributed by atoms with Crippen LogP contribution in [0.2, 0.25) is 0 Å². The summed E-state index contributed by atoms with van der Waals surface area (Å²) in [5, 5.41) is 10.8. The minimum atomic E-state index is -0.995. The number of unbranched alkanes of at least 4 members (excludes halogenated alkanes) is 2. The summed E-state index contributed by atoms with van der Waals surface area (Å²) in [6.07, 6.45) is 4.39. The number of nitrogens with two attached hydrogens (primary N) is 1. The molecule has 0 aliphatic carbocycles. The first-order chi connectivity index (χ1) is 23.8. The number of urea groups is 1. The average molecular weight is 699 g/mol. The zero-order valence-electron chi connectivity index (χ0n) is 29.1. The van der Waals surface area contributed by atoms with Crippen LogP contribution in [-0.2, 0) is 35.3 Å². The van der Waals surface area contributed by atoms with Crippen LogP contribution in [0.4, 0.5) is 15.3 Å². The second-order valence-corrected chi connectivity index (χ2v) is 12.8. The number of primary amides is 1. The van der Waals surface area contributed by atoms with Crippen LogP contribution < -0.4 is 27.0 Å². The number of nitrogens with one attached hydrogen (secondary N) is 4. The van der Waals surface area contributed by atoms with Gasteiger partial charge in [0.15, 0.2) is 0 Å². The maximum atomic E-state index is 13.4. The minimum absolute atomic E-state index is 0.0750. The molecule has 0 saturated carbocycles. The van der Waals surface area contributed by atoms with Crippen LogP contribution >= 0.6 is 0 Å². The van der Waals surface area contributed by atoms with Crippen molar-refractivity contribution in [2.75, 3.05) is 51.6 Å². The van der Waals surface area contributed by atoms with E-state index in [1.807, 2.05) is 7.05 Å². The van der Waals surface area contributed by atoms with Gasteiger partial charge in [-0.3, -0.25) is 28.9 Å². The molecule has 1 aromatic carbocycles. The molecule has 0 spiro atoms. The largest absolute Gasteiger partial charge is 0.445 e. The third kappa shape index (κ3) is 13.1. The highest BCUT2D eigenvalue weighted by molar-refractivity contribution is 6.12. The van der Waals surface area contributed by atoms with E-state index in [9.17, 15) is 33.6 Å². The van der Waals surface area contributed by atoms with Gasteiger partial charge in [-0.25, -0.2) is 9.59 Å². The van der Waals surface area contributed by atoms with Crippen LogP contribution in [0.15, 0.2) is 36.4 Å². The van der Waals surface area contributed by atoms with Crippen molar-refractivity contribution in [2.45, 2.75) is 71.1 Å². The SMILES string of the molecule is CC(C)C(NC(=O)CCCCCN1C(=O)C=CC1=O)C(=O)N[C@@H](CCCNC(N)=O)C(=O)Nc1ccc(COC(=O)N2CCN(C)CC2)cc1. The van der Waals surface area contributed by atoms with Crippen LogP contribution in [0.3, 0.4) is 0 Å². The summed E-state index contributed by atoms with van der Waals surface area (Å²) < 4.78 is 5.44. The van der Waals surface area contributed by atoms with Gasteiger partial charge in [-0.05, 0) is 56.3 Å². The van der Waals surface area contributed by atoms with Crippen molar-refractivity contribution in [1.82, 2.24) is 30.7 Å². The van der Waals surface area contributed by atoms with Gasteiger partial charge in [0, 0.05) is 63.5 Å². The van der Waals surface area contributed by atoms with Gasteiger partial charge in [0.2, 0.25) is 17.7 Å². The maximum absolute atomic E-state index is 13.4. The second kappa shape index (κ2) is 19.9. The summed E-state index contributed by atoms with van der Waals surface area (Å²) in [4.78, 5) is 91.3. The van der Waals surface area contributed by atoms with Gasteiger partial charge in [-0.2, -0.15) is 0 Å². The summed E-state index contributed by atoms with van der Waals surface area (Å²) in [5.41, 5.74) is 6.35. The van der Waals surface area contributed by atoms with Gasteiger partial charge in [-0.15, -0.1) is 0 Å². The number of ether oxygens (including phenoxy) is 1. The zero-order chi connectivity index (χ0) is 36.6. The second-order valence-electron chi connectivity index (χ2n) is 12.8. The van der Waals surface area contributed by atoms with Crippen molar-refractivity contribution in [2.24, 2.45) is 11.7 Å². The Morgan fingerprint density at radius 2 is 1.52 bits per heavy atom. The Kier molecular flexibility index (Phi) is 15.7. The van der Waals surface area contributed by atoms with Crippen molar-refractivity contribution in [3.63, 3.8) is 0 Å². The van der Waals surface area contributed by atoms with Crippen molar-refractivity contribution in [3.05, 3.63) is 42.0 Å². The number of imide groups is 1. The third-order valence-corrected chi connectivity index (χ3v) is 8.40. The summed E-state index contributed by atoms with van der Waals surface area (Å²) in [5.74, 6) is -2.35. The molecule has 0 aromatic heterocycles. The number of rotatable bonds is 18. The van der Waals surface area contributed by atoms with Gasteiger partial charge >= 0.3 is 12.1 Å². The minimum Gasteiger partial charge on any atom is -0.445 e. The standard InChI is InChI=1S/C34H50N8O8/c1-23(2)30(39-27(43)9-5-4-6-17-42-28(44)14-15-29(42)45)32(47)38-26(8-7-16-36-33(35)48)31(46)37-25-12-10-24(11-13-25)22-50-34(49)41-20-18-40(3)19-21-41/h10-15,23,26,30H,4-9,16-22H2,1-3H3,(H,37,46)(H,38,47)(H,39,43)(H3,35,36,48)/t26-,30?/m0/s1. The molecule has 2 aliphatic heterocycles. The number of amides is 8. The first-order valence-electron chi connectivity index (χ1n) is 17.0. The lowest BCUT2D eigenvalue weighted by molar-refractivity contribution is -0.137. The zero-order valence-corrected chi connectivity index (χ0v) is 29.1. The molecule has 0 bridgehead atoms. The van der Waals surface area contributed by atoms with Crippen molar-refractivity contribution < 1.29 is 38.3 Å². The fourth-order valence-electron chi connectivity index (χ4n) is 5.35. The van der Waals surface area contributed by atoms with E-state index in [2.05, 4.69) is 26.2 Å². The van der Waals surface area contributed by atoms with E-state index >= 15 is 0 Å². The van der Waals surface area contributed by atoms with Crippen molar-refractivity contribution in [1.29, 1.82) is 0 Å². The van der Waals surface area contributed by atoms with Crippen LogP contribution in [-0.4, -0.2) is 115 Å². The maximum Gasteiger partial charge on any atom is 0.410 e. The molecule has 0 radical (unpaired) electrons. The predicted octanol–water partition coefficient (Wildman–Crippen LogP) is 1.07. The van der Waals surface area contributed by atoms with E-state index in [4.69, 9.17) is 10.5 Å². The Hall–Kier alpha value is -4.99. The van der Waals surface area contributed by atoms with Crippen LogP contribution in [0.5, 0.6) is 0 Å². The number of piperazine rings is 1. The van der Waals surface area contributed by atoms with E-state index in [-0.39, 0.29) is 62.3 Å². The number of carbonyl (C=O) groups excluding carboxylic acids is 7. The topological polar surface area (TPSA) is 213 Å². The van der Waals surface area contributed by atoms with E-state index < -0.39 is 29.9 Å². The monoisotopic (exact) mass is 698 g/mol. The Bertz CT molecular complexity index is 1370. The molecule has 50 heavy (non-hydrogen) atoms. The molecule has 16 nitrogen and oxygen atoms in total. The fraction of sp³-hybridized carbons (Fsp3) is 0.559. The molecule has 274 valence electrons. The lowest BCUT2D eigenvalue weighted by Crippen LogP contribution is -2.54. The third-order valence-electron chi connectivity index (χ3n) is 8.40. The average Bonchev–Trinajstić information content (AvgIpc) is 3.40. The summed E-state index contributed by atoms with van der Waals surface area (Å²) in [7, 11) is 2.00. The number of hydrogen-bond acceptors (Lipinski definition) is 9. The fourth-order valence-corrected chi connectivity index (χ4v) is 5.35. The predicted molar refractivity (Wildman–Crippen MR) is 184 cm³/mol. The molecule has 1 fully saturated rings. The van der Waals surface area contributed by atoms with E-state index in [0.29, 0.717) is 44.5 Å². The normalized spacial score (nSPS) is 15.8. The van der Waals surface area contributed by atoms with E-state index in [1.165, 1.54) is 12.2 Å². The molecule has 16 heteroatoms. The Morgan fingerprint density at radius 3 is 2.14 bits per heavy atom. The van der Waals surface area contributed by atoms with Gasteiger partial charge in [0.05, 0.1) is 0 Å². The highest BCUT2D eigenvalue weighted by Gasteiger charge is 2.29. The number of benzene rings is 1. The van der Waals surface area contributed by atoms with E-state index in [0.717, 1.165) is 23.6 Å². The van der Waals surface area contributed by atoms with Gasteiger partial charge in [-0.1, -0.05) is 32.4 Å². The van der Waals surface area contributed by atoms with Crippen molar-refractivity contribution in [3.8, 4) is 0 Å². The molecule has 1 unspecified atom stereocenters. The summed E-state index contributed by atoms with van der Waals surface area (Å²) in [6, 6.07) is 4.17. The van der Waals surface area contributed by atoms with E-state index in [1.54, 1.807) is 43.0 Å². The first kappa shape index (κ1) is 39.4. The Balaban J connectivity index is 1.51. The number of nitrogens with zero attached hydrogens (tertiary/aromatic N) is 3. The number of anilines is 1. The smallest absolute Gasteiger partial charge is 0.410 e. The Morgan fingerprint density at radius 1 is 0.860 bits per heavy atom. The molecule has 1 aromatic rings. The number of likely N-dealkylation sites (N-methyl/N-ethyl adjacent to an activating group) is 1. The Labute approximate surface area is 292 Å². The van der Waals surface area contributed by atoms with Crippen LogP contribution in [0.1, 0.15) is 57.9 Å². The lowest BCUT2D eigenvalue weighted by Gasteiger charge is -2.31. The molecule has 2 aliphatic rings. The van der Waals surface area contributed by atoms with Crippen LogP contribution in [0, 0.1) is 5.92 Å². The van der Waals surface area contributed by atoms with Gasteiger partial charge < -0.3 is 41.5 Å². The summed E-state index contributed by atoms with van der Waals surface area (Å²) >= 11 is 0. The molecule has 6 N–H and O–H groups in total.